The summed E-state index contributed by atoms with van der Waals surface area (Å²) in [5.74, 6) is -5.15. The van der Waals surface area contributed by atoms with Gasteiger partial charge in [-0.15, -0.1) is 0 Å². The van der Waals surface area contributed by atoms with Crippen LogP contribution in [0.1, 0.15) is 20.3 Å². The van der Waals surface area contributed by atoms with Crippen molar-refractivity contribution in [1.82, 2.24) is 10.6 Å². The molecule has 0 spiro atoms. The molecule has 0 radical (unpaired) electrons. The largest absolute Gasteiger partial charge is 0.390 e. The Balaban J connectivity index is 2.35. The SMILES string of the molecule is CC(C)(O)C1C(=O)NC(=O)C1C1CC(=O)NC1=O. The number of carbonyl (C=O) groups is 4. The average molecular weight is 254 g/mol. The van der Waals surface area contributed by atoms with E-state index in [2.05, 4.69) is 10.6 Å². The van der Waals surface area contributed by atoms with Gasteiger partial charge in [-0.2, -0.15) is 0 Å². The first-order valence-electron chi connectivity index (χ1n) is 5.62. The Morgan fingerprint density at radius 1 is 1.06 bits per heavy atom. The summed E-state index contributed by atoms with van der Waals surface area (Å²) in [7, 11) is 0. The quantitative estimate of drug-likeness (QED) is 0.509. The molecule has 98 valence electrons. The zero-order valence-electron chi connectivity index (χ0n) is 10.0. The van der Waals surface area contributed by atoms with Gasteiger partial charge < -0.3 is 5.11 Å². The molecule has 3 unspecified atom stereocenters. The van der Waals surface area contributed by atoms with E-state index in [0.717, 1.165) is 0 Å². The zero-order valence-corrected chi connectivity index (χ0v) is 10.0. The Morgan fingerprint density at radius 2 is 1.67 bits per heavy atom. The number of amides is 4. The number of hydrogen-bond acceptors (Lipinski definition) is 5. The van der Waals surface area contributed by atoms with Crippen LogP contribution in [0.3, 0.4) is 0 Å². The Hall–Kier alpha value is -1.76. The molecule has 2 rings (SSSR count). The highest BCUT2D eigenvalue weighted by Crippen LogP contribution is 2.37. The first-order chi connectivity index (χ1) is 8.21. The van der Waals surface area contributed by atoms with Crippen LogP contribution >= 0.6 is 0 Å². The fourth-order valence-electron chi connectivity index (χ4n) is 2.64. The van der Waals surface area contributed by atoms with Crippen LogP contribution in [0.2, 0.25) is 0 Å². The average Bonchev–Trinajstić information content (AvgIpc) is 2.65. The molecule has 18 heavy (non-hydrogen) atoms. The lowest BCUT2D eigenvalue weighted by Gasteiger charge is -2.29. The fraction of sp³-hybridized carbons (Fsp3) is 0.636. The second-order valence-corrected chi connectivity index (χ2v) is 5.23. The lowest BCUT2D eigenvalue weighted by atomic mass is 9.75. The predicted octanol–water partition coefficient (Wildman–Crippen LogP) is -1.69. The molecule has 0 saturated carbocycles. The summed E-state index contributed by atoms with van der Waals surface area (Å²) in [4.78, 5) is 46.2. The minimum atomic E-state index is -1.44. The van der Waals surface area contributed by atoms with Gasteiger partial charge in [0.2, 0.25) is 23.6 Å². The molecule has 0 bridgehead atoms. The summed E-state index contributed by atoms with van der Waals surface area (Å²) >= 11 is 0. The Bertz CT molecular complexity index is 451. The van der Waals surface area contributed by atoms with Crippen molar-refractivity contribution in [2.75, 3.05) is 0 Å². The van der Waals surface area contributed by atoms with Crippen LogP contribution in [0.25, 0.3) is 0 Å². The van der Waals surface area contributed by atoms with Crippen molar-refractivity contribution in [3.05, 3.63) is 0 Å². The Labute approximate surface area is 103 Å². The first kappa shape index (κ1) is 12.7. The molecule has 2 aliphatic heterocycles. The topological polar surface area (TPSA) is 113 Å². The normalized spacial score (nSPS) is 32.7. The fourth-order valence-corrected chi connectivity index (χ4v) is 2.64. The number of carbonyl (C=O) groups excluding carboxylic acids is 4. The van der Waals surface area contributed by atoms with Crippen LogP contribution in [-0.4, -0.2) is 34.3 Å². The summed E-state index contributed by atoms with van der Waals surface area (Å²) in [5.41, 5.74) is -1.44. The van der Waals surface area contributed by atoms with Crippen LogP contribution < -0.4 is 10.6 Å². The monoisotopic (exact) mass is 254 g/mol. The maximum absolute atomic E-state index is 11.7. The van der Waals surface area contributed by atoms with E-state index in [9.17, 15) is 24.3 Å². The van der Waals surface area contributed by atoms with E-state index in [1.54, 1.807) is 0 Å². The summed E-state index contributed by atoms with van der Waals surface area (Å²) in [6.45, 7) is 2.80. The second kappa shape index (κ2) is 3.88. The van der Waals surface area contributed by atoms with Crippen molar-refractivity contribution in [2.45, 2.75) is 25.9 Å². The highest BCUT2D eigenvalue weighted by molar-refractivity contribution is 6.11. The highest BCUT2D eigenvalue weighted by atomic mass is 16.3. The molecule has 3 atom stereocenters. The van der Waals surface area contributed by atoms with Crippen molar-refractivity contribution in [2.24, 2.45) is 17.8 Å². The Morgan fingerprint density at radius 3 is 2.11 bits per heavy atom. The minimum absolute atomic E-state index is 0.128. The van der Waals surface area contributed by atoms with Gasteiger partial charge in [0.15, 0.2) is 0 Å². The predicted molar refractivity (Wildman–Crippen MR) is 57.7 cm³/mol. The van der Waals surface area contributed by atoms with Gasteiger partial charge in [-0.3, -0.25) is 29.8 Å². The van der Waals surface area contributed by atoms with Gasteiger partial charge in [0.25, 0.3) is 0 Å². The van der Waals surface area contributed by atoms with Crippen LogP contribution in [0.4, 0.5) is 0 Å². The van der Waals surface area contributed by atoms with Gasteiger partial charge in [-0.25, -0.2) is 0 Å². The maximum atomic E-state index is 11.7. The Kier molecular flexibility index (Phi) is 2.73. The van der Waals surface area contributed by atoms with E-state index in [1.807, 2.05) is 0 Å². The van der Waals surface area contributed by atoms with E-state index in [4.69, 9.17) is 0 Å². The summed E-state index contributed by atoms with van der Waals surface area (Å²) in [6, 6.07) is 0. The van der Waals surface area contributed by atoms with Crippen LogP contribution in [0, 0.1) is 17.8 Å². The summed E-state index contributed by atoms with van der Waals surface area (Å²) in [5, 5.41) is 14.2. The smallest absolute Gasteiger partial charge is 0.233 e. The van der Waals surface area contributed by atoms with Crippen LogP contribution in [0.15, 0.2) is 0 Å². The molecule has 2 fully saturated rings. The van der Waals surface area contributed by atoms with E-state index >= 15 is 0 Å². The lowest BCUT2D eigenvalue weighted by Crippen LogP contribution is -2.43. The molecule has 3 N–H and O–H groups in total. The van der Waals surface area contributed by atoms with Crippen molar-refractivity contribution >= 4 is 23.6 Å². The number of hydrogen-bond donors (Lipinski definition) is 3. The van der Waals surface area contributed by atoms with Crippen LogP contribution in [0.5, 0.6) is 0 Å². The van der Waals surface area contributed by atoms with Gasteiger partial charge in [0, 0.05) is 6.42 Å². The van der Waals surface area contributed by atoms with E-state index in [0.29, 0.717) is 0 Å². The minimum Gasteiger partial charge on any atom is -0.390 e. The molecule has 2 aliphatic rings. The first-order valence-corrected chi connectivity index (χ1v) is 5.62. The summed E-state index contributed by atoms with van der Waals surface area (Å²) in [6.07, 6.45) is -0.128. The lowest BCUT2D eigenvalue weighted by molar-refractivity contribution is -0.136. The van der Waals surface area contributed by atoms with E-state index in [-0.39, 0.29) is 6.42 Å². The molecule has 2 saturated heterocycles. The van der Waals surface area contributed by atoms with Crippen LogP contribution in [-0.2, 0) is 19.2 Å². The summed E-state index contributed by atoms with van der Waals surface area (Å²) < 4.78 is 0. The van der Waals surface area contributed by atoms with Gasteiger partial charge in [-0.05, 0) is 13.8 Å². The van der Waals surface area contributed by atoms with Gasteiger partial charge in [0.05, 0.1) is 23.4 Å². The van der Waals surface area contributed by atoms with Crippen molar-refractivity contribution < 1.29 is 24.3 Å². The van der Waals surface area contributed by atoms with E-state index < -0.39 is 47.0 Å². The molecule has 7 nitrogen and oxygen atoms in total. The molecule has 0 aliphatic carbocycles. The van der Waals surface area contributed by atoms with E-state index in [1.165, 1.54) is 13.8 Å². The highest BCUT2D eigenvalue weighted by Gasteiger charge is 2.55. The van der Waals surface area contributed by atoms with Crippen molar-refractivity contribution in [3.8, 4) is 0 Å². The van der Waals surface area contributed by atoms with Crippen molar-refractivity contribution in [1.29, 1.82) is 0 Å². The molecule has 0 aromatic rings. The number of rotatable bonds is 2. The molecule has 7 heteroatoms. The molecule has 2 heterocycles. The molecule has 0 aromatic heterocycles. The maximum Gasteiger partial charge on any atom is 0.233 e. The molecule has 4 amide bonds. The zero-order chi connectivity index (χ0) is 13.7. The molecular weight excluding hydrogens is 240 g/mol. The second-order valence-electron chi connectivity index (χ2n) is 5.23. The van der Waals surface area contributed by atoms with Gasteiger partial charge in [-0.1, -0.05) is 0 Å². The number of imide groups is 2. The third-order valence-electron chi connectivity index (χ3n) is 3.39. The third kappa shape index (κ3) is 1.90. The number of nitrogens with one attached hydrogen (secondary N) is 2. The van der Waals surface area contributed by atoms with Crippen molar-refractivity contribution in [3.63, 3.8) is 0 Å². The number of aliphatic hydroxyl groups is 1. The molecular formula is C11H14N2O5. The van der Waals surface area contributed by atoms with Gasteiger partial charge in [0.1, 0.15) is 0 Å². The van der Waals surface area contributed by atoms with Gasteiger partial charge >= 0.3 is 0 Å². The molecule has 0 aromatic carbocycles. The standard InChI is InChI=1S/C11H14N2O5/c1-11(2,18)7-6(9(16)13-10(7)17)4-3-5(14)12-8(4)15/h4,6-7,18H,3H2,1-2H3,(H,12,14,15)(H,13,16,17). The third-order valence-corrected chi connectivity index (χ3v) is 3.39.